The van der Waals surface area contributed by atoms with Crippen LogP contribution >= 0.6 is 0 Å². The highest BCUT2D eigenvalue weighted by atomic mass is 16.2. The Kier molecular flexibility index (Phi) is 2.76. The molecule has 0 aliphatic carbocycles. The van der Waals surface area contributed by atoms with Crippen LogP contribution in [0.4, 0.5) is 5.95 Å². The summed E-state index contributed by atoms with van der Waals surface area (Å²) in [5.74, 6) is 0.0677. The van der Waals surface area contributed by atoms with E-state index in [-0.39, 0.29) is 5.91 Å². The van der Waals surface area contributed by atoms with Gasteiger partial charge in [0.05, 0.1) is 6.04 Å². The van der Waals surface area contributed by atoms with Crippen LogP contribution in [0.15, 0.2) is 6.33 Å². The zero-order valence-corrected chi connectivity index (χ0v) is 6.74. The summed E-state index contributed by atoms with van der Waals surface area (Å²) in [6.07, 6.45) is 1.91. The van der Waals surface area contributed by atoms with Crippen LogP contribution in [0, 0.1) is 0 Å². The third kappa shape index (κ3) is 2.03. The molecular formula is C6H11N5O. The first-order chi connectivity index (χ1) is 5.74. The summed E-state index contributed by atoms with van der Waals surface area (Å²) < 4.78 is 0. The van der Waals surface area contributed by atoms with Gasteiger partial charge in [-0.05, 0) is 6.42 Å². The molecule has 1 amide bonds. The minimum absolute atomic E-state index is 0.255. The second kappa shape index (κ2) is 3.82. The number of H-pyrrole nitrogens is 1. The number of aromatic amines is 1. The number of nitrogens with zero attached hydrogens (tertiary/aromatic N) is 2. The van der Waals surface area contributed by atoms with Gasteiger partial charge in [-0.1, -0.05) is 6.92 Å². The first-order valence-electron chi connectivity index (χ1n) is 3.66. The van der Waals surface area contributed by atoms with E-state index in [0.29, 0.717) is 12.4 Å². The minimum Gasteiger partial charge on any atom is -0.320 e. The van der Waals surface area contributed by atoms with Crippen molar-refractivity contribution >= 4 is 11.9 Å². The zero-order chi connectivity index (χ0) is 8.97. The maximum absolute atomic E-state index is 11.1. The quantitative estimate of drug-likeness (QED) is 0.567. The Bertz CT molecular complexity index is 244. The summed E-state index contributed by atoms with van der Waals surface area (Å²) in [6.45, 7) is 1.84. The van der Waals surface area contributed by atoms with Gasteiger partial charge in [0.1, 0.15) is 6.33 Å². The fourth-order valence-electron chi connectivity index (χ4n) is 0.660. The highest BCUT2D eigenvalue weighted by Crippen LogP contribution is 1.95. The van der Waals surface area contributed by atoms with Crippen LogP contribution in [0.25, 0.3) is 0 Å². The SMILES string of the molecule is CCC(N)C(=O)Nc1ncn[nH]1. The maximum Gasteiger partial charge on any atom is 0.243 e. The van der Waals surface area contributed by atoms with Crippen molar-refractivity contribution in [1.82, 2.24) is 15.2 Å². The van der Waals surface area contributed by atoms with Gasteiger partial charge >= 0.3 is 0 Å². The van der Waals surface area contributed by atoms with Crippen molar-refractivity contribution in [3.63, 3.8) is 0 Å². The van der Waals surface area contributed by atoms with Crippen molar-refractivity contribution in [3.8, 4) is 0 Å². The van der Waals surface area contributed by atoms with Crippen molar-refractivity contribution in [2.24, 2.45) is 5.73 Å². The lowest BCUT2D eigenvalue weighted by atomic mass is 10.2. The molecule has 0 fully saturated rings. The first kappa shape index (κ1) is 8.66. The maximum atomic E-state index is 11.1. The topological polar surface area (TPSA) is 96.7 Å². The standard InChI is InChI=1S/C6H11N5O/c1-2-4(7)5(12)10-6-8-3-9-11-6/h3-4H,2,7H2,1H3,(H2,8,9,10,11,12). The molecule has 1 aromatic rings. The van der Waals surface area contributed by atoms with Crippen molar-refractivity contribution < 1.29 is 4.79 Å². The predicted octanol–water partition coefficient (Wildman–Crippen LogP) is -0.520. The Labute approximate surface area is 69.6 Å². The van der Waals surface area contributed by atoms with Gasteiger partial charge in [0.15, 0.2) is 0 Å². The fraction of sp³-hybridized carbons (Fsp3) is 0.500. The summed E-state index contributed by atoms with van der Waals surface area (Å²) >= 11 is 0. The van der Waals surface area contributed by atoms with Crippen LogP contribution in [0.3, 0.4) is 0 Å². The van der Waals surface area contributed by atoms with Gasteiger partial charge in [-0.2, -0.15) is 10.1 Å². The van der Waals surface area contributed by atoms with Crippen LogP contribution in [0.5, 0.6) is 0 Å². The Balaban J connectivity index is 2.47. The smallest absolute Gasteiger partial charge is 0.243 e. The van der Waals surface area contributed by atoms with Crippen molar-refractivity contribution in [2.75, 3.05) is 5.32 Å². The molecule has 0 bridgehead atoms. The first-order valence-corrected chi connectivity index (χ1v) is 3.66. The second-order valence-electron chi connectivity index (χ2n) is 2.34. The average molecular weight is 169 g/mol. The van der Waals surface area contributed by atoms with E-state index < -0.39 is 6.04 Å². The molecule has 0 radical (unpaired) electrons. The second-order valence-corrected chi connectivity index (χ2v) is 2.34. The van der Waals surface area contributed by atoms with Gasteiger partial charge in [0.25, 0.3) is 0 Å². The summed E-state index contributed by atoms with van der Waals surface area (Å²) in [5.41, 5.74) is 5.46. The molecule has 12 heavy (non-hydrogen) atoms. The molecule has 0 spiro atoms. The fourth-order valence-corrected chi connectivity index (χ4v) is 0.660. The van der Waals surface area contributed by atoms with Crippen LogP contribution in [0.2, 0.25) is 0 Å². The number of hydrogen-bond acceptors (Lipinski definition) is 4. The lowest BCUT2D eigenvalue weighted by Gasteiger charge is -2.06. The Morgan fingerprint density at radius 2 is 2.67 bits per heavy atom. The molecule has 1 atom stereocenters. The lowest BCUT2D eigenvalue weighted by Crippen LogP contribution is -2.35. The molecule has 0 saturated carbocycles. The largest absolute Gasteiger partial charge is 0.320 e. The number of nitrogens with one attached hydrogen (secondary N) is 2. The summed E-state index contributed by atoms with van der Waals surface area (Å²) in [7, 11) is 0. The number of carbonyl (C=O) groups excluding carboxylic acids is 1. The molecule has 0 aliphatic heterocycles. The van der Waals surface area contributed by atoms with Gasteiger partial charge in [0.2, 0.25) is 11.9 Å². The van der Waals surface area contributed by atoms with Crippen LogP contribution < -0.4 is 11.1 Å². The Hall–Kier alpha value is -1.43. The van der Waals surface area contributed by atoms with Gasteiger partial charge < -0.3 is 5.73 Å². The van der Waals surface area contributed by atoms with E-state index in [0.717, 1.165) is 0 Å². The minimum atomic E-state index is -0.491. The Morgan fingerprint density at radius 3 is 3.17 bits per heavy atom. The Morgan fingerprint density at radius 1 is 1.92 bits per heavy atom. The zero-order valence-electron chi connectivity index (χ0n) is 6.74. The number of anilines is 1. The van der Waals surface area contributed by atoms with Crippen molar-refractivity contribution in [1.29, 1.82) is 0 Å². The van der Waals surface area contributed by atoms with E-state index in [1.165, 1.54) is 6.33 Å². The molecule has 1 heterocycles. The molecule has 0 saturated heterocycles. The molecule has 0 aliphatic rings. The predicted molar refractivity (Wildman–Crippen MR) is 43.3 cm³/mol. The number of nitrogens with two attached hydrogens (primary N) is 1. The summed E-state index contributed by atoms with van der Waals surface area (Å²) in [5, 5.41) is 8.55. The molecule has 1 unspecified atom stereocenters. The third-order valence-electron chi connectivity index (χ3n) is 1.43. The van der Waals surface area contributed by atoms with E-state index >= 15 is 0 Å². The summed E-state index contributed by atoms with van der Waals surface area (Å²) in [6, 6.07) is -0.491. The van der Waals surface area contributed by atoms with E-state index in [4.69, 9.17) is 5.73 Å². The van der Waals surface area contributed by atoms with Gasteiger partial charge in [-0.15, -0.1) is 0 Å². The summed E-state index contributed by atoms with van der Waals surface area (Å²) in [4.78, 5) is 14.8. The molecule has 6 nitrogen and oxygen atoms in total. The van der Waals surface area contributed by atoms with Gasteiger partial charge in [-0.25, -0.2) is 5.10 Å². The third-order valence-corrected chi connectivity index (χ3v) is 1.43. The number of aromatic nitrogens is 3. The highest BCUT2D eigenvalue weighted by molar-refractivity contribution is 5.92. The number of amides is 1. The van der Waals surface area contributed by atoms with Crippen LogP contribution in [0.1, 0.15) is 13.3 Å². The molecule has 4 N–H and O–H groups in total. The molecule has 66 valence electrons. The van der Waals surface area contributed by atoms with E-state index in [1.807, 2.05) is 6.92 Å². The highest BCUT2D eigenvalue weighted by Gasteiger charge is 2.11. The van der Waals surface area contributed by atoms with Crippen molar-refractivity contribution in [2.45, 2.75) is 19.4 Å². The van der Waals surface area contributed by atoms with E-state index in [1.54, 1.807) is 0 Å². The van der Waals surface area contributed by atoms with Crippen LogP contribution in [-0.2, 0) is 4.79 Å². The van der Waals surface area contributed by atoms with Gasteiger partial charge in [-0.3, -0.25) is 10.1 Å². The normalized spacial score (nSPS) is 12.5. The molecule has 0 aromatic carbocycles. The molecular weight excluding hydrogens is 158 g/mol. The monoisotopic (exact) mass is 169 g/mol. The van der Waals surface area contributed by atoms with E-state index in [2.05, 4.69) is 20.5 Å². The number of hydrogen-bond donors (Lipinski definition) is 3. The molecule has 6 heteroatoms. The van der Waals surface area contributed by atoms with Crippen molar-refractivity contribution in [3.05, 3.63) is 6.33 Å². The lowest BCUT2D eigenvalue weighted by molar-refractivity contribution is -0.117. The van der Waals surface area contributed by atoms with Crippen LogP contribution in [-0.4, -0.2) is 27.1 Å². The van der Waals surface area contributed by atoms with Gasteiger partial charge in [0, 0.05) is 0 Å². The average Bonchev–Trinajstić information content (AvgIpc) is 2.55. The molecule has 1 aromatic heterocycles. The van der Waals surface area contributed by atoms with E-state index in [9.17, 15) is 4.79 Å². The number of carbonyl (C=O) groups is 1. The number of rotatable bonds is 3. The molecule has 1 rings (SSSR count).